The molecule has 1 fully saturated rings. The molecule has 1 saturated heterocycles. The van der Waals surface area contributed by atoms with Crippen LogP contribution in [0.4, 0.5) is 5.69 Å². The molecule has 3 nitrogen and oxygen atoms in total. The van der Waals surface area contributed by atoms with Gasteiger partial charge in [0.1, 0.15) is 0 Å². The third kappa shape index (κ3) is 3.06. The molecule has 0 spiro atoms. The molecule has 0 radical (unpaired) electrons. The fourth-order valence-electron chi connectivity index (χ4n) is 1.55. The minimum absolute atomic E-state index is 0.0744. The highest BCUT2D eigenvalue weighted by Gasteiger charge is 2.20. The van der Waals surface area contributed by atoms with Crippen molar-refractivity contribution in [1.82, 2.24) is 5.32 Å². The van der Waals surface area contributed by atoms with Crippen molar-refractivity contribution in [1.29, 1.82) is 0 Å². The molecule has 2 N–H and O–H groups in total. The number of amides is 1. The summed E-state index contributed by atoms with van der Waals surface area (Å²) in [4.78, 5) is 11.7. The molecule has 86 valence electrons. The van der Waals surface area contributed by atoms with Crippen LogP contribution in [0, 0.1) is 5.92 Å². The molecule has 16 heavy (non-hydrogen) atoms. The topological polar surface area (TPSA) is 41.1 Å². The molecule has 0 atom stereocenters. The van der Waals surface area contributed by atoms with Crippen LogP contribution in [0.1, 0.15) is 6.42 Å². The molecule has 0 aromatic heterocycles. The number of carbonyl (C=O) groups is 1. The van der Waals surface area contributed by atoms with Gasteiger partial charge in [-0.3, -0.25) is 4.79 Å². The maximum absolute atomic E-state index is 11.7. The van der Waals surface area contributed by atoms with Gasteiger partial charge in [0.05, 0.1) is 5.69 Å². The first-order chi connectivity index (χ1) is 7.65. The van der Waals surface area contributed by atoms with Crippen LogP contribution in [-0.2, 0) is 4.79 Å². The lowest BCUT2D eigenvalue weighted by Crippen LogP contribution is -2.43. The Morgan fingerprint density at radius 2 is 2.19 bits per heavy atom. The summed E-state index contributed by atoms with van der Waals surface area (Å²) in [5.41, 5.74) is 0.812. The maximum Gasteiger partial charge on any atom is 0.224 e. The largest absolute Gasteiger partial charge is 0.325 e. The Morgan fingerprint density at radius 3 is 2.81 bits per heavy atom. The van der Waals surface area contributed by atoms with Gasteiger partial charge < -0.3 is 10.6 Å². The van der Waals surface area contributed by atoms with E-state index in [9.17, 15) is 4.79 Å². The fraction of sp³-hybridized carbons (Fsp3) is 0.364. The van der Waals surface area contributed by atoms with E-state index in [1.165, 1.54) is 0 Å². The van der Waals surface area contributed by atoms with E-state index >= 15 is 0 Å². The van der Waals surface area contributed by atoms with Crippen LogP contribution >= 0.6 is 31.9 Å². The highest BCUT2D eigenvalue weighted by molar-refractivity contribution is 9.11. The van der Waals surface area contributed by atoms with Gasteiger partial charge in [0, 0.05) is 15.4 Å². The van der Waals surface area contributed by atoms with E-state index in [4.69, 9.17) is 0 Å². The van der Waals surface area contributed by atoms with Gasteiger partial charge in [-0.25, -0.2) is 0 Å². The predicted octanol–water partition coefficient (Wildman–Crippen LogP) is 2.76. The Hall–Kier alpha value is -0.390. The molecule has 0 saturated carbocycles. The third-order valence-electron chi connectivity index (χ3n) is 2.54. The number of carbonyl (C=O) groups excluding carboxylic acids is 1. The summed E-state index contributed by atoms with van der Waals surface area (Å²) in [5.74, 6) is 0.566. The van der Waals surface area contributed by atoms with Gasteiger partial charge in [-0.2, -0.15) is 0 Å². The lowest BCUT2D eigenvalue weighted by atomic mass is 9.99. The van der Waals surface area contributed by atoms with Crippen LogP contribution < -0.4 is 10.6 Å². The Morgan fingerprint density at radius 1 is 1.44 bits per heavy atom. The molecule has 1 amide bonds. The van der Waals surface area contributed by atoms with Gasteiger partial charge in [-0.15, -0.1) is 0 Å². The molecular weight excluding hydrogens is 336 g/mol. The van der Waals surface area contributed by atoms with Crippen molar-refractivity contribution in [3.05, 3.63) is 27.1 Å². The normalized spacial score (nSPS) is 15.6. The molecule has 0 aliphatic carbocycles. The lowest BCUT2D eigenvalue weighted by molar-refractivity contribution is -0.117. The Balaban J connectivity index is 1.96. The predicted molar refractivity (Wildman–Crippen MR) is 71.4 cm³/mol. The number of rotatable bonds is 3. The first-order valence-corrected chi connectivity index (χ1v) is 6.69. The molecule has 5 heteroatoms. The van der Waals surface area contributed by atoms with Gasteiger partial charge in [0.25, 0.3) is 0 Å². The molecule has 1 aliphatic heterocycles. The molecule has 1 aliphatic rings. The average molecular weight is 348 g/mol. The third-order valence-corrected chi connectivity index (χ3v) is 3.73. The van der Waals surface area contributed by atoms with Gasteiger partial charge >= 0.3 is 0 Å². The van der Waals surface area contributed by atoms with E-state index < -0.39 is 0 Å². The van der Waals surface area contributed by atoms with E-state index in [-0.39, 0.29) is 5.91 Å². The van der Waals surface area contributed by atoms with Crippen molar-refractivity contribution in [3.8, 4) is 0 Å². The van der Waals surface area contributed by atoms with Crippen LogP contribution in [0.25, 0.3) is 0 Å². The van der Waals surface area contributed by atoms with E-state index in [1.54, 1.807) is 0 Å². The van der Waals surface area contributed by atoms with Crippen molar-refractivity contribution in [3.63, 3.8) is 0 Å². The lowest BCUT2D eigenvalue weighted by Gasteiger charge is -2.26. The molecule has 2 rings (SSSR count). The first kappa shape index (κ1) is 12.1. The number of anilines is 1. The van der Waals surface area contributed by atoms with E-state index in [2.05, 4.69) is 42.5 Å². The van der Waals surface area contributed by atoms with Crippen molar-refractivity contribution in [2.75, 3.05) is 18.4 Å². The van der Waals surface area contributed by atoms with Crippen molar-refractivity contribution in [2.24, 2.45) is 5.92 Å². The van der Waals surface area contributed by atoms with E-state index in [0.717, 1.165) is 27.7 Å². The second-order valence-electron chi connectivity index (χ2n) is 3.90. The number of halogens is 2. The fourth-order valence-corrected chi connectivity index (χ4v) is 2.26. The summed E-state index contributed by atoms with van der Waals surface area (Å²) >= 11 is 6.79. The quantitative estimate of drug-likeness (QED) is 0.882. The minimum atomic E-state index is 0.0744. The second kappa shape index (κ2) is 5.29. The summed E-state index contributed by atoms with van der Waals surface area (Å²) in [7, 11) is 0. The molecule has 1 heterocycles. The SMILES string of the molecule is O=C(CC1CNC1)Nc1cc(Br)ccc1Br. The molecule has 0 bridgehead atoms. The number of hydrogen-bond acceptors (Lipinski definition) is 2. The monoisotopic (exact) mass is 346 g/mol. The summed E-state index contributed by atoms with van der Waals surface area (Å²) in [6, 6.07) is 5.72. The van der Waals surface area contributed by atoms with Crippen molar-refractivity contribution >= 4 is 43.5 Å². The molecule has 1 aromatic carbocycles. The van der Waals surface area contributed by atoms with Crippen molar-refractivity contribution in [2.45, 2.75) is 6.42 Å². The number of benzene rings is 1. The van der Waals surface area contributed by atoms with Gasteiger partial charge in [-0.1, -0.05) is 15.9 Å². The zero-order valence-electron chi connectivity index (χ0n) is 8.59. The molecular formula is C11H12Br2N2O. The highest BCUT2D eigenvalue weighted by Crippen LogP contribution is 2.26. The average Bonchev–Trinajstić information content (AvgIpc) is 2.18. The standard InChI is InChI=1S/C11H12Br2N2O/c12-8-1-2-9(13)10(4-8)15-11(16)3-7-5-14-6-7/h1-2,4,7,14H,3,5-6H2,(H,15,16). The summed E-state index contributed by atoms with van der Waals surface area (Å²) in [6.45, 7) is 1.90. The van der Waals surface area contributed by atoms with Crippen LogP contribution in [0.15, 0.2) is 27.1 Å². The summed E-state index contributed by atoms with van der Waals surface area (Å²) in [5, 5.41) is 6.06. The van der Waals surface area contributed by atoms with Gasteiger partial charge in [0.15, 0.2) is 0 Å². The Labute approximate surface area is 111 Å². The van der Waals surface area contributed by atoms with Crippen LogP contribution in [0.3, 0.4) is 0 Å². The van der Waals surface area contributed by atoms with E-state index in [1.807, 2.05) is 18.2 Å². The van der Waals surface area contributed by atoms with E-state index in [0.29, 0.717) is 12.3 Å². The first-order valence-electron chi connectivity index (χ1n) is 5.11. The Bertz CT molecular complexity index is 405. The van der Waals surface area contributed by atoms with Crippen LogP contribution in [0.5, 0.6) is 0 Å². The van der Waals surface area contributed by atoms with Gasteiger partial charge in [0.2, 0.25) is 5.91 Å². The smallest absolute Gasteiger partial charge is 0.224 e. The maximum atomic E-state index is 11.7. The summed E-state index contributed by atoms with van der Waals surface area (Å²) in [6.07, 6.45) is 0.589. The zero-order valence-corrected chi connectivity index (χ0v) is 11.8. The van der Waals surface area contributed by atoms with Gasteiger partial charge in [-0.05, 0) is 53.1 Å². The van der Waals surface area contributed by atoms with Crippen LogP contribution in [-0.4, -0.2) is 19.0 Å². The molecule has 1 aromatic rings. The number of hydrogen-bond donors (Lipinski definition) is 2. The highest BCUT2D eigenvalue weighted by atomic mass is 79.9. The second-order valence-corrected chi connectivity index (χ2v) is 5.67. The summed E-state index contributed by atoms with van der Waals surface area (Å²) < 4.78 is 1.85. The number of nitrogens with one attached hydrogen (secondary N) is 2. The van der Waals surface area contributed by atoms with Crippen molar-refractivity contribution < 1.29 is 4.79 Å². The zero-order chi connectivity index (χ0) is 11.5. The molecule has 0 unspecified atom stereocenters. The Kier molecular flexibility index (Phi) is 4.00. The van der Waals surface area contributed by atoms with Crippen LogP contribution in [0.2, 0.25) is 0 Å². The minimum Gasteiger partial charge on any atom is -0.325 e.